The van der Waals surface area contributed by atoms with Gasteiger partial charge in [0.1, 0.15) is 11.6 Å². The molecule has 0 fully saturated rings. The molecule has 0 atom stereocenters. The van der Waals surface area contributed by atoms with Crippen LogP contribution in [0.2, 0.25) is 0 Å². The van der Waals surface area contributed by atoms with Gasteiger partial charge in [0, 0.05) is 6.42 Å². The van der Waals surface area contributed by atoms with Crippen molar-refractivity contribution < 1.29 is 27.8 Å². The van der Waals surface area contributed by atoms with Gasteiger partial charge in [0.15, 0.2) is 4.90 Å². The van der Waals surface area contributed by atoms with Crippen LogP contribution in [0, 0.1) is 6.92 Å². The smallest absolute Gasteiger partial charge is 0.337 e. The first kappa shape index (κ1) is 25.0. The first-order chi connectivity index (χ1) is 16.2. The number of sulfone groups is 1. The Morgan fingerprint density at radius 2 is 1.79 bits per heavy atom. The fraction of sp³-hybridized carbons (Fsp3) is 0.292. The van der Waals surface area contributed by atoms with Crippen LogP contribution in [0.4, 0.5) is 0 Å². The van der Waals surface area contributed by atoms with Gasteiger partial charge in [0.2, 0.25) is 15.7 Å². The van der Waals surface area contributed by atoms with Gasteiger partial charge in [0.05, 0.1) is 30.4 Å². The molecule has 10 heteroatoms. The Bertz CT molecular complexity index is 1380. The number of aromatic nitrogens is 2. The molecular weight excluding hydrogens is 460 g/mol. The number of benzene rings is 2. The zero-order valence-electron chi connectivity index (χ0n) is 19.4. The van der Waals surface area contributed by atoms with Gasteiger partial charge < -0.3 is 14.6 Å². The second kappa shape index (κ2) is 10.1. The number of ether oxygens (including phenoxy) is 2. The molecule has 0 saturated heterocycles. The molecule has 0 aliphatic carbocycles. The van der Waals surface area contributed by atoms with Crippen LogP contribution < -0.4 is 10.3 Å². The summed E-state index contributed by atoms with van der Waals surface area (Å²) < 4.78 is 38.1. The van der Waals surface area contributed by atoms with Gasteiger partial charge in [-0.2, -0.15) is 4.98 Å². The Morgan fingerprint density at radius 3 is 2.38 bits per heavy atom. The fourth-order valence-electron chi connectivity index (χ4n) is 3.59. The number of nitrogens with zero attached hydrogens (tertiary/aromatic N) is 2. The molecule has 0 aliphatic heterocycles. The van der Waals surface area contributed by atoms with Crippen LogP contribution in [0.1, 0.15) is 41.5 Å². The van der Waals surface area contributed by atoms with Crippen molar-refractivity contribution in [1.29, 1.82) is 0 Å². The van der Waals surface area contributed by atoms with E-state index in [4.69, 9.17) is 4.74 Å². The number of unbranched alkanes of at least 4 members (excludes halogenated alkanes) is 1. The number of aryl methyl sites for hydroxylation is 2. The Kier molecular flexibility index (Phi) is 7.41. The lowest BCUT2D eigenvalue weighted by atomic mass is 10.1. The highest BCUT2D eigenvalue weighted by atomic mass is 32.2. The van der Waals surface area contributed by atoms with E-state index in [2.05, 4.69) is 9.72 Å². The zero-order valence-corrected chi connectivity index (χ0v) is 20.2. The lowest BCUT2D eigenvalue weighted by Gasteiger charge is -2.19. The zero-order chi connectivity index (χ0) is 25.0. The number of hydrogen-bond donors (Lipinski definition) is 1. The molecule has 0 bridgehead atoms. The van der Waals surface area contributed by atoms with Crippen LogP contribution >= 0.6 is 0 Å². The SMILES string of the molecule is CCCCc1nc(O)c(S(=O)(=O)c2ccc(C(=O)OC)cc2)c(=O)n1-c1c(C)cccc1OC. The van der Waals surface area contributed by atoms with Gasteiger partial charge in [-0.1, -0.05) is 25.5 Å². The first-order valence-corrected chi connectivity index (χ1v) is 12.1. The summed E-state index contributed by atoms with van der Waals surface area (Å²) in [6.45, 7) is 3.73. The van der Waals surface area contributed by atoms with E-state index in [1.165, 1.54) is 43.1 Å². The van der Waals surface area contributed by atoms with E-state index in [-0.39, 0.29) is 16.3 Å². The van der Waals surface area contributed by atoms with E-state index < -0.39 is 32.1 Å². The average molecular weight is 487 g/mol. The molecule has 0 radical (unpaired) electrons. The second-order valence-corrected chi connectivity index (χ2v) is 9.46. The highest BCUT2D eigenvalue weighted by molar-refractivity contribution is 7.91. The summed E-state index contributed by atoms with van der Waals surface area (Å²) in [7, 11) is -1.83. The predicted molar refractivity (Wildman–Crippen MR) is 125 cm³/mol. The van der Waals surface area contributed by atoms with E-state index in [0.717, 1.165) is 6.42 Å². The molecule has 180 valence electrons. The monoisotopic (exact) mass is 486 g/mol. The summed E-state index contributed by atoms with van der Waals surface area (Å²) in [5.41, 5.74) is 0.215. The Labute approximate surface area is 197 Å². The lowest BCUT2D eigenvalue weighted by Crippen LogP contribution is -2.30. The molecule has 2 aromatic carbocycles. The van der Waals surface area contributed by atoms with Crippen molar-refractivity contribution in [2.45, 2.75) is 42.9 Å². The van der Waals surface area contributed by atoms with Crippen molar-refractivity contribution in [3.63, 3.8) is 0 Å². The molecule has 0 saturated carbocycles. The van der Waals surface area contributed by atoms with E-state index in [1.807, 2.05) is 6.92 Å². The molecule has 1 aromatic heterocycles. The molecule has 9 nitrogen and oxygen atoms in total. The van der Waals surface area contributed by atoms with Gasteiger partial charge in [-0.25, -0.2) is 13.2 Å². The minimum absolute atomic E-state index is 0.140. The largest absolute Gasteiger partial charge is 0.495 e. The topological polar surface area (TPSA) is 125 Å². The summed E-state index contributed by atoms with van der Waals surface area (Å²) in [4.78, 5) is 28.4. The van der Waals surface area contributed by atoms with E-state index in [9.17, 15) is 23.1 Å². The fourth-order valence-corrected chi connectivity index (χ4v) is 4.93. The average Bonchev–Trinajstić information content (AvgIpc) is 2.82. The maximum Gasteiger partial charge on any atom is 0.337 e. The molecule has 0 unspecified atom stereocenters. The van der Waals surface area contributed by atoms with Crippen molar-refractivity contribution in [2.75, 3.05) is 14.2 Å². The number of rotatable bonds is 8. The lowest BCUT2D eigenvalue weighted by molar-refractivity contribution is 0.0600. The third-order valence-electron chi connectivity index (χ3n) is 5.35. The summed E-state index contributed by atoms with van der Waals surface area (Å²) in [6, 6.07) is 10.0. The molecule has 3 rings (SSSR count). The van der Waals surface area contributed by atoms with Crippen molar-refractivity contribution >= 4 is 15.8 Å². The van der Waals surface area contributed by atoms with E-state index in [1.54, 1.807) is 25.1 Å². The third kappa shape index (κ3) is 4.54. The van der Waals surface area contributed by atoms with Crippen molar-refractivity contribution in [3.05, 3.63) is 69.8 Å². The van der Waals surface area contributed by atoms with Crippen molar-refractivity contribution in [1.82, 2.24) is 9.55 Å². The van der Waals surface area contributed by atoms with Crippen LogP contribution in [-0.4, -0.2) is 43.3 Å². The van der Waals surface area contributed by atoms with E-state index >= 15 is 0 Å². The van der Waals surface area contributed by atoms with Crippen LogP contribution in [-0.2, 0) is 21.0 Å². The first-order valence-electron chi connectivity index (χ1n) is 10.6. The minimum Gasteiger partial charge on any atom is -0.495 e. The second-order valence-electron chi connectivity index (χ2n) is 7.57. The van der Waals surface area contributed by atoms with Gasteiger partial charge >= 0.3 is 5.97 Å². The van der Waals surface area contributed by atoms with Gasteiger partial charge in [-0.05, 0) is 49.2 Å². The van der Waals surface area contributed by atoms with Crippen LogP contribution in [0.25, 0.3) is 5.69 Å². The van der Waals surface area contributed by atoms with Crippen molar-refractivity contribution in [3.8, 4) is 17.3 Å². The van der Waals surface area contributed by atoms with Crippen LogP contribution in [0.3, 0.4) is 0 Å². The Morgan fingerprint density at radius 1 is 1.12 bits per heavy atom. The minimum atomic E-state index is -4.49. The predicted octanol–water partition coefficient (Wildman–Crippen LogP) is 3.22. The molecule has 0 aliphatic rings. The molecule has 0 spiro atoms. The summed E-state index contributed by atoms with van der Waals surface area (Å²) >= 11 is 0. The molecule has 34 heavy (non-hydrogen) atoms. The molecule has 0 amide bonds. The van der Waals surface area contributed by atoms with Crippen molar-refractivity contribution in [2.24, 2.45) is 0 Å². The highest BCUT2D eigenvalue weighted by Gasteiger charge is 2.31. The molecular formula is C24H26N2O7S. The Hall–Kier alpha value is -3.66. The highest BCUT2D eigenvalue weighted by Crippen LogP contribution is 2.30. The molecule has 3 aromatic rings. The summed E-state index contributed by atoms with van der Waals surface area (Å²) in [5, 5.41) is 10.6. The number of para-hydroxylation sites is 1. The van der Waals surface area contributed by atoms with Crippen LogP contribution in [0.5, 0.6) is 11.6 Å². The Balaban J connectivity index is 2.31. The number of hydrogen-bond acceptors (Lipinski definition) is 8. The number of carbonyl (C=O) groups excluding carboxylic acids is 1. The standard InChI is InChI=1S/C24H26N2O7S/c1-5-6-10-19-25-22(27)21(23(28)26(19)20-15(2)8-7-9-18(20)32-3)34(30,31)17-13-11-16(12-14-17)24(29)33-4/h7-9,11-14,27H,5-6,10H2,1-4H3. The molecule has 1 heterocycles. The normalized spacial score (nSPS) is 11.3. The number of aromatic hydroxyl groups is 1. The number of methoxy groups -OCH3 is 2. The third-order valence-corrected chi connectivity index (χ3v) is 7.13. The van der Waals surface area contributed by atoms with E-state index in [0.29, 0.717) is 29.8 Å². The van der Waals surface area contributed by atoms with Crippen LogP contribution in [0.15, 0.2) is 57.1 Å². The van der Waals surface area contributed by atoms with Gasteiger partial charge in [-0.15, -0.1) is 0 Å². The van der Waals surface area contributed by atoms with Gasteiger partial charge in [0.25, 0.3) is 5.56 Å². The summed E-state index contributed by atoms with van der Waals surface area (Å²) in [5.74, 6) is -0.935. The quantitative estimate of drug-likeness (QED) is 0.481. The maximum absolute atomic E-state index is 13.7. The number of carbonyl (C=O) groups is 1. The maximum atomic E-state index is 13.7. The van der Waals surface area contributed by atoms with Gasteiger partial charge in [-0.3, -0.25) is 9.36 Å². The number of esters is 1. The molecule has 1 N–H and O–H groups in total. The summed E-state index contributed by atoms with van der Waals surface area (Å²) in [6.07, 6.45) is 1.81.